The van der Waals surface area contributed by atoms with Gasteiger partial charge in [0.2, 0.25) is 0 Å². The third-order valence-corrected chi connectivity index (χ3v) is 3.87. The molecule has 0 saturated carbocycles. The van der Waals surface area contributed by atoms with Crippen LogP contribution in [0.15, 0.2) is 18.2 Å². The van der Waals surface area contributed by atoms with Crippen molar-refractivity contribution in [3.8, 4) is 17.3 Å². The van der Waals surface area contributed by atoms with E-state index in [0.717, 1.165) is 12.5 Å². The molecule has 0 aliphatic heterocycles. The van der Waals surface area contributed by atoms with Crippen LogP contribution in [0.5, 0.6) is 0 Å². The molecule has 1 aromatic carbocycles. The first-order chi connectivity index (χ1) is 10.9. The minimum absolute atomic E-state index is 0.00271. The summed E-state index contributed by atoms with van der Waals surface area (Å²) in [4.78, 5) is 4.09. The number of rotatable bonds is 4. The first-order valence-electron chi connectivity index (χ1n) is 7.40. The van der Waals surface area contributed by atoms with Crippen molar-refractivity contribution in [2.75, 3.05) is 0 Å². The highest BCUT2D eigenvalue weighted by molar-refractivity contribution is 5.63. The summed E-state index contributed by atoms with van der Waals surface area (Å²) in [5, 5.41) is 17.3. The van der Waals surface area contributed by atoms with E-state index in [1.54, 1.807) is 11.5 Å². The molecule has 0 radical (unpaired) electrons. The zero-order chi connectivity index (χ0) is 17.1. The fourth-order valence-electron chi connectivity index (χ4n) is 2.43. The van der Waals surface area contributed by atoms with Gasteiger partial charge in [-0.15, -0.1) is 0 Å². The van der Waals surface area contributed by atoms with Crippen LogP contribution in [-0.4, -0.2) is 9.55 Å². The van der Waals surface area contributed by atoms with E-state index in [1.807, 2.05) is 19.9 Å². The first kappa shape index (κ1) is 16.8. The van der Waals surface area contributed by atoms with Gasteiger partial charge in [0, 0.05) is 18.2 Å². The van der Waals surface area contributed by atoms with E-state index in [2.05, 4.69) is 4.98 Å². The maximum Gasteiger partial charge on any atom is 0.183 e. The number of halogens is 2. The number of nitrogens with zero attached hydrogens (tertiary/aromatic N) is 3. The van der Waals surface area contributed by atoms with Crippen LogP contribution in [0.1, 0.15) is 31.7 Å². The highest BCUT2D eigenvalue weighted by Gasteiger charge is 2.18. The molecule has 0 aliphatic rings. The van der Waals surface area contributed by atoms with Crippen LogP contribution in [0.3, 0.4) is 0 Å². The second-order valence-corrected chi connectivity index (χ2v) is 5.60. The predicted octanol–water partition coefficient (Wildman–Crippen LogP) is 3.53. The second kappa shape index (κ2) is 6.69. The summed E-state index contributed by atoms with van der Waals surface area (Å²) in [5.74, 6) is -1.14. The first-order valence-corrected chi connectivity index (χ1v) is 7.40. The number of hydrogen-bond acceptors (Lipinski definition) is 3. The van der Waals surface area contributed by atoms with Crippen molar-refractivity contribution in [2.24, 2.45) is 5.92 Å². The third-order valence-electron chi connectivity index (χ3n) is 3.87. The van der Waals surface area contributed by atoms with Crippen LogP contribution in [0.4, 0.5) is 8.78 Å². The molecule has 0 saturated heterocycles. The molecule has 1 aromatic heterocycles. The van der Waals surface area contributed by atoms with E-state index in [4.69, 9.17) is 10.7 Å². The van der Waals surface area contributed by atoms with Crippen molar-refractivity contribution in [1.82, 2.24) is 9.55 Å². The van der Waals surface area contributed by atoms with Crippen LogP contribution in [-0.2, 0) is 6.54 Å². The van der Waals surface area contributed by atoms with E-state index in [0.29, 0.717) is 17.9 Å². The van der Waals surface area contributed by atoms with Crippen LogP contribution in [0.25, 0.3) is 11.3 Å². The highest BCUT2D eigenvalue weighted by atomic mass is 19.1. The van der Waals surface area contributed by atoms with Crippen molar-refractivity contribution in [1.29, 1.82) is 10.7 Å². The Labute approximate surface area is 133 Å². The Morgan fingerprint density at radius 2 is 2.09 bits per heavy atom. The molecule has 0 bridgehead atoms. The fourth-order valence-corrected chi connectivity index (χ4v) is 2.43. The third kappa shape index (κ3) is 3.29. The molecule has 2 aromatic rings. The van der Waals surface area contributed by atoms with Gasteiger partial charge < -0.3 is 4.57 Å². The topological polar surface area (TPSA) is 65.5 Å². The smallest absolute Gasteiger partial charge is 0.183 e. The number of aryl methyl sites for hydroxylation is 1. The SMILES string of the molecule is CCC(C)Cn1c(-c2ccc(F)cc2F)c(C)nc(C#N)c1=N. The largest absolute Gasteiger partial charge is 0.322 e. The van der Waals surface area contributed by atoms with Gasteiger partial charge in [0.1, 0.15) is 17.7 Å². The number of aromatic nitrogens is 2. The highest BCUT2D eigenvalue weighted by Crippen LogP contribution is 2.26. The molecule has 1 atom stereocenters. The molecule has 0 aliphatic carbocycles. The summed E-state index contributed by atoms with van der Waals surface area (Å²) < 4.78 is 29.0. The number of benzene rings is 1. The van der Waals surface area contributed by atoms with Crippen LogP contribution in [0, 0.1) is 41.2 Å². The zero-order valence-electron chi connectivity index (χ0n) is 13.3. The monoisotopic (exact) mass is 316 g/mol. The molecule has 120 valence electrons. The summed E-state index contributed by atoms with van der Waals surface area (Å²) in [6.07, 6.45) is 0.876. The summed E-state index contributed by atoms with van der Waals surface area (Å²) in [6.45, 7) is 6.15. The summed E-state index contributed by atoms with van der Waals surface area (Å²) in [5.41, 5.74) is 0.963. The van der Waals surface area contributed by atoms with Crippen LogP contribution < -0.4 is 5.49 Å². The van der Waals surface area contributed by atoms with Crippen LogP contribution in [0.2, 0.25) is 0 Å². The minimum atomic E-state index is -0.711. The average molecular weight is 316 g/mol. The van der Waals surface area contributed by atoms with E-state index >= 15 is 0 Å². The molecular weight excluding hydrogens is 298 g/mol. The lowest BCUT2D eigenvalue weighted by Crippen LogP contribution is -2.29. The molecule has 4 nitrogen and oxygen atoms in total. The van der Waals surface area contributed by atoms with Crippen molar-refractivity contribution >= 4 is 0 Å². The van der Waals surface area contributed by atoms with Gasteiger partial charge in [-0.1, -0.05) is 20.3 Å². The summed E-state index contributed by atoms with van der Waals surface area (Å²) >= 11 is 0. The minimum Gasteiger partial charge on any atom is -0.322 e. The molecular formula is C17H18F2N4. The van der Waals surface area contributed by atoms with Crippen molar-refractivity contribution in [3.63, 3.8) is 0 Å². The number of hydrogen-bond donors (Lipinski definition) is 1. The number of nitriles is 1. The van der Waals surface area contributed by atoms with Gasteiger partial charge in [-0.25, -0.2) is 13.8 Å². The van der Waals surface area contributed by atoms with Gasteiger partial charge in [0.15, 0.2) is 11.2 Å². The van der Waals surface area contributed by atoms with Gasteiger partial charge >= 0.3 is 0 Å². The van der Waals surface area contributed by atoms with Gasteiger partial charge in [0.25, 0.3) is 0 Å². The van der Waals surface area contributed by atoms with Gasteiger partial charge in [-0.05, 0) is 25.0 Å². The lowest BCUT2D eigenvalue weighted by Gasteiger charge is -2.20. The molecule has 0 fully saturated rings. The van der Waals surface area contributed by atoms with E-state index in [-0.39, 0.29) is 22.7 Å². The molecule has 2 rings (SSSR count). The Balaban J connectivity index is 2.78. The molecule has 6 heteroatoms. The Bertz CT molecular complexity index is 834. The molecule has 23 heavy (non-hydrogen) atoms. The van der Waals surface area contributed by atoms with Gasteiger partial charge in [-0.3, -0.25) is 5.41 Å². The van der Waals surface area contributed by atoms with Gasteiger partial charge in [0.05, 0.1) is 11.4 Å². The van der Waals surface area contributed by atoms with E-state index in [1.165, 1.54) is 12.1 Å². The molecule has 0 amide bonds. The lowest BCUT2D eigenvalue weighted by atomic mass is 10.1. The Kier molecular flexibility index (Phi) is 4.89. The molecule has 1 N–H and O–H groups in total. The number of nitrogens with one attached hydrogen (secondary N) is 1. The van der Waals surface area contributed by atoms with Crippen molar-refractivity contribution < 1.29 is 8.78 Å². The molecule has 1 unspecified atom stereocenters. The normalized spacial score (nSPS) is 12.0. The maximum absolute atomic E-state index is 14.2. The van der Waals surface area contributed by atoms with Crippen molar-refractivity contribution in [3.05, 3.63) is 46.7 Å². The van der Waals surface area contributed by atoms with Gasteiger partial charge in [-0.2, -0.15) is 5.26 Å². The molecule has 1 heterocycles. The fraction of sp³-hybridized carbons (Fsp3) is 0.353. The summed E-state index contributed by atoms with van der Waals surface area (Å²) in [6, 6.07) is 5.22. The van der Waals surface area contributed by atoms with E-state index < -0.39 is 11.6 Å². The summed E-state index contributed by atoms with van der Waals surface area (Å²) in [7, 11) is 0. The van der Waals surface area contributed by atoms with Crippen LogP contribution >= 0.6 is 0 Å². The Hall–Kier alpha value is -2.55. The molecule has 0 spiro atoms. The quantitative estimate of drug-likeness (QED) is 0.937. The van der Waals surface area contributed by atoms with E-state index in [9.17, 15) is 8.78 Å². The second-order valence-electron chi connectivity index (χ2n) is 5.60. The predicted molar refractivity (Wildman–Crippen MR) is 82.3 cm³/mol. The maximum atomic E-state index is 14.2. The Morgan fingerprint density at radius 1 is 1.39 bits per heavy atom. The standard InChI is InChI=1S/C17H18F2N4/c1-4-10(2)9-23-16(11(3)22-15(8-20)17(23)21)13-6-5-12(18)7-14(13)19/h5-7,10,21H,4,9H2,1-3H3. The average Bonchev–Trinajstić information content (AvgIpc) is 2.51. The lowest BCUT2D eigenvalue weighted by molar-refractivity contribution is 0.454. The Morgan fingerprint density at radius 3 is 2.65 bits per heavy atom. The van der Waals surface area contributed by atoms with Crippen molar-refractivity contribution in [2.45, 2.75) is 33.7 Å². The zero-order valence-corrected chi connectivity index (χ0v) is 13.3.